The Bertz CT molecular complexity index is 1670. The summed E-state index contributed by atoms with van der Waals surface area (Å²) in [5.74, 6) is 0.459. The van der Waals surface area contributed by atoms with Gasteiger partial charge in [0.1, 0.15) is 5.82 Å². The van der Waals surface area contributed by atoms with Crippen LogP contribution in [0.5, 0.6) is 0 Å². The quantitative estimate of drug-likeness (QED) is 0.0554. The number of hydrogen-bond acceptors (Lipinski definition) is 4. The van der Waals surface area contributed by atoms with E-state index in [-0.39, 0.29) is 11.8 Å². The van der Waals surface area contributed by atoms with Gasteiger partial charge in [-0.15, -0.1) is 0 Å². The van der Waals surface area contributed by atoms with Crippen molar-refractivity contribution >= 4 is 34.5 Å². The summed E-state index contributed by atoms with van der Waals surface area (Å²) in [5, 5.41) is 3.72. The van der Waals surface area contributed by atoms with E-state index >= 15 is 0 Å². The van der Waals surface area contributed by atoms with Crippen LogP contribution in [-0.2, 0) is 35.5 Å². The van der Waals surface area contributed by atoms with Crippen LogP contribution in [0.1, 0.15) is 96.4 Å². The van der Waals surface area contributed by atoms with Crippen molar-refractivity contribution in [2.24, 2.45) is 4.99 Å². The number of likely N-dealkylation sites (tertiary alicyclic amines) is 1. The highest BCUT2D eigenvalue weighted by Gasteiger charge is 2.32. The van der Waals surface area contributed by atoms with E-state index in [0.717, 1.165) is 92.6 Å². The van der Waals surface area contributed by atoms with E-state index < -0.39 is 0 Å². The lowest BCUT2D eigenvalue weighted by Crippen LogP contribution is -2.23. The molecular weight excluding hydrogens is 594 g/mol. The number of carbonyl (C=O) groups is 2. The van der Waals surface area contributed by atoms with Crippen LogP contribution in [0.3, 0.4) is 0 Å². The van der Waals surface area contributed by atoms with Crippen LogP contribution in [-0.4, -0.2) is 45.2 Å². The Morgan fingerprint density at radius 2 is 1.71 bits per heavy atom. The highest BCUT2D eigenvalue weighted by molar-refractivity contribution is 6.36. The summed E-state index contributed by atoms with van der Waals surface area (Å²) in [5.41, 5.74) is 5.31. The smallest absolute Gasteiger partial charge is 0.259 e. The van der Waals surface area contributed by atoms with Gasteiger partial charge in [0.15, 0.2) is 0 Å². The van der Waals surface area contributed by atoms with Gasteiger partial charge >= 0.3 is 0 Å². The first-order valence-electron chi connectivity index (χ1n) is 18.1. The van der Waals surface area contributed by atoms with Crippen LogP contribution < -0.4 is 5.32 Å². The van der Waals surface area contributed by atoms with E-state index in [9.17, 15) is 9.59 Å². The number of para-hydroxylation sites is 1. The van der Waals surface area contributed by atoms with Crippen molar-refractivity contribution in [3.8, 4) is 0 Å². The van der Waals surface area contributed by atoms with Crippen molar-refractivity contribution in [2.75, 3.05) is 13.1 Å². The van der Waals surface area contributed by atoms with Crippen LogP contribution in [0.2, 0.25) is 0 Å². The first-order chi connectivity index (χ1) is 23.5. The average Bonchev–Trinajstić information content (AvgIpc) is 3.90. The molecule has 3 aromatic rings. The number of unbranched alkanes of at least 4 members (excludes halogenated alkanes) is 2. The zero-order valence-corrected chi connectivity index (χ0v) is 29.8. The summed E-state index contributed by atoms with van der Waals surface area (Å²) < 4.78 is 4.55. The van der Waals surface area contributed by atoms with Gasteiger partial charge in [0.25, 0.3) is 11.8 Å². The maximum absolute atomic E-state index is 13.2. The second-order valence-electron chi connectivity index (χ2n) is 12.3. The second-order valence-corrected chi connectivity index (χ2v) is 12.3. The number of amides is 2. The molecule has 0 saturated carbocycles. The van der Waals surface area contributed by atoms with Crippen molar-refractivity contribution in [1.29, 1.82) is 0 Å². The molecule has 0 unspecified atom stereocenters. The third-order valence-corrected chi connectivity index (χ3v) is 8.92. The van der Waals surface area contributed by atoms with Crippen molar-refractivity contribution in [1.82, 2.24) is 19.4 Å². The van der Waals surface area contributed by atoms with Crippen molar-refractivity contribution in [3.05, 3.63) is 101 Å². The first kappa shape index (κ1) is 36.4. The lowest BCUT2D eigenvalue weighted by molar-refractivity contribution is -0.123. The first-order valence-corrected chi connectivity index (χ1v) is 18.1. The van der Waals surface area contributed by atoms with E-state index in [0.29, 0.717) is 17.6 Å². The third-order valence-electron chi connectivity index (χ3n) is 8.92. The summed E-state index contributed by atoms with van der Waals surface area (Å²) in [7, 11) is 0. The van der Waals surface area contributed by atoms with E-state index in [1.165, 1.54) is 18.5 Å². The number of nitrogens with zero attached hydrogens (tertiary/aromatic N) is 4. The van der Waals surface area contributed by atoms with Crippen LogP contribution >= 0.6 is 0 Å². The largest absolute Gasteiger partial charge is 0.357 e. The SMILES string of the molecule is C/C=C\C=C(/N=CCCCn1cc(CC2=C(c3cc(CC/C=C\C)n(CCCC)c3)C(=O)NC2=O)c2ccccc21)N1CCCC1.CC. The molecule has 2 amide bonds. The number of aromatic nitrogens is 2. The normalized spacial score (nSPS) is 15.6. The fourth-order valence-corrected chi connectivity index (χ4v) is 6.51. The maximum atomic E-state index is 13.2. The zero-order chi connectivity index (χ0) is 34.3. The zero-order valence-electron chi connectivity index (χ0n) is 29.8. The van der Waals surface area contributed by atoms with E-state index in [1.54, 1.807) is 0 Å². The molecule has 5 rings (SSSR count). The van der Waals surface area contributed by atoms with E-state index in [1.807, 2.05) is 46.1 Å². The second kappa shape index (κ2) is 18.8. The number of benzene rings is 1. The van der Waals surface area contributed by atoms with Gasteiger partial charge in [0.2, 0.25) is 0 Å². The molecule has 2 aliphatic heterocycles. The summed E-state index contributed by atoms with van der Waals surface area (Å²) in [6, 6.07) is 10.5. The van der Waals surface area contributed by atoms with Crippen LogP contribution in [0.25, 0.3) is 16.5 Å². The monoisotopic (exact) mass is 649 g/mol. The number of carbonyl (C=O) groups excluding carboxylic acids is 2. The van der Waals surface area contributed by atoms with Crippen LogP contribution in [0.15, 0.2) is 89.5 Å². The number of nitrogens with one attached hydrogen (secondary N) is 1. The molecule has 256 valence electrons. The molecule has 1 aromatic carbocycles. The molecule has 0 radical (unpaired) electrons. The number of aryl methyl sites for hydroxylation is 3. The van der Waals surface area contributed by atoms with Gasteiger partial charge < -0.3 is 14.0 Å². The third kappa shape index (κ3) is 9.15. The van der Waals surface area contributed by atoms with Gasteiger partial charge in [0.05, 0.1) is 5.57 Å². The molecule has 1 N–H and O–H groups in total. The van der Waals surface area contributed by atoms with E-state index in [2.05, 4.69) is 87.2 Å². The fourth-order valence-electron chi connectivity index (χ4n) is 6.51. The molecule has 48 heavy (non-hydrogen) atoms. The number of fused-ring (bicyclic) bond motifs is 1. The molecule has 0 atom stereocenters. The lowest BCUT2D eigenvalue weighted by Gasteiger charge is -2.17. The molecule has 0 aliphatic carbocycles. The molecule has 7 heteroatoms. The van der Waals surface area contributed by atoms with Crippen LogP contribution in [0.4, 0.5) is 0 Å². The predicted octanol–water partition coefficient (Wildman–Crippen LogP) is 8.79. The Morgan fingerprint density at radius 1 is 0.938 bits per heavy atom. The van der Waals surface area contributed by atoms with Gasteiger partial charge in [-0.2, -0.15) is 0 Å². The molecule has 1 saturated heterocycles. The van der Waals surface area contributed by atoms with Gasteiger partial charge in [-0.25, -0.2) is 4.99 Å². The minimum atomic E-state index is -0.299. The fraction of sp³-hybridized carbons (Fsp3) is 0.439. The maximum Gasteiger partial charge on any atom is 0.259 e. The molecular formula is C41H55N5O2. The van der Waals surface area contributed by atoms with E-state index in [4.69, 9.17) is 4.99 Å². The topological polar surface area (TPSA) is 71.6 Å². The van der Waals surface area contributed by atoms with Gasteiger partial charge in [-0.05, 0) is 82.6 Å². The Balaban J connectivity index is 0.00000255. The molecule has 7 nitrogen and oxygen atoms in total. The minimum absolute atomic E-state index is 0.287. The van der Waals surface area contributed by atoms with Gasteiger partial charge in [-0.1, -0.05) is 69.7 Å². The molecule has 0 spiro atoms. The Kier molecular flexibility index (Phi) is 14.3. The van der Waals surface area contributed by atoms with Gasteiger partial charge in [0, 0.05) is 78.9 Å². The number of imide groups is 1. The predicted molar refractivity (Wildman–Crippen MR) is 201 cm³/mol. The number of rotatable bonds is 16. The van der Waals surface area contributed by atoms with Crippen molar-refractivity contribution in [2.45, 2.75) is 105 Å². The average molecular weight is 650 g/mol. The Hall–Kier alpha value is -4.39. The molecule has 0 bridgehead atoms. The molecule has 1 fully saturated rings. The van der Waals surface area contributed by atoms with Gasteiger partial charge in [-0.3, -0.25) is 14.9 Å². The lowest BCUT2D eigenvalue weighted by atomic mass is 9.97. The number of hydrogen-bond donors (Lipinski definition) is 1. The highest BCUT2D eigenvalue weighted by atomic mass is 16.2. The molecule has 2 aromatic heterocycles. The van der Waals surface area contributed by atoms with Crippen molar-refractivity contribution in [3.63, 3.8) is 0 Å². The summed E-state index contributed by atoms with van der Waals surface area (Å²) in [6.07, 6.45) is 25.4. The minimum Gasteiger partial charge on any atom is -0.357 e. The summed E-state index contributed by atoms with van der Waals surface area (Å²) in [6.45, 7) is 14.1. The molecule has 2 aliphatic rings. The molecule has 4 heterocycles. The summed E-state index contributed by atoms with van der Waals surface area (Å²) in [4.78, 5) is 33.6. The number of aliphatic imine (C=N–C) groups is 1. The van der Waals surface area contributed by atoms with Crippen molar-refractivity contribution < 1.29 is 9.59 Å². The Labute approximate surface area is 287 Å². The number of allylic oxidation sites excluding steroid dienone is 5. The standard InChI is InChI=1S/C39H49N5O2.C2H6/c1-4-7-10-17-32-26-31(29-43(32)22-9-6-3)37-34(38(45)41-39(37)46)27-30-28-44(35-19-12-11-18-33(30)35)25-14-13-21-40-36(20-8-5-2)42-23-15-16-24-42;1-2/h4-5,7-8,11-12,18-21,26,28-29H,6,9-10,13-17,22-25,27H2,1-3H3,(H,41,45,46);1-2H3/b7-4-,8-5-,36-20+,40-21?;. The highest BCUT2D eigenvalue weighted by Crippen LogP contribution is 2.32. The van der Waals surface area contributed by atoms with Crippen LogP contribution in [0, 0.1) is 0 Å². The Morgan fingerprint density at radius 3 is 2.46 bits per heavy atom. The summed E-state index contributed by atoms with van der Waals surface area (Å²) >= 11 is 0.